The zero-order valence-electron chi connectivity index (χ0n) is 33.3. The summed E-state index contributed by atoms with van der Waals surface area (Å²) in [5.41, 5.74) is 8.92. The first kappa shape index (κ1) is 40.1. The van der Waals surface area contributed by atoms with E-state index >= 15 is 17.6 Å². The van der Waals surface area contributed by atoms with Gasteiger partial charge in [0, 0.05) is 0 Å². The van der Waals surface area contributed by atoms with E-state index in [9.17, 15) is 0 Å². The maximum absolute atomic E-state index is 17.6. The van der Waals surface area contributed by atoms with Gasteiger partial charge in [0.2, 0.25) is 0 Å². The van der Waals surface area contributed by atoms with E-state index in [1.165, 1.54) is 35.4 Å². The molecule has 8 rings (SSSR count). The van der Waals surface area contributed by atoms with Gasteiger partial charge in [-0.25, -0.2) is 0 Å². The molecule has 0 spiro atoms. The van der Waals surface area contributed by atoms with Crippen LogP contribution in [-0.2, 0) is 42.5 Å². The van der Waals surface area contributed by atoms with Gasteiger partial charge in [0.25, 0.3) is 0 Å². The molecule has 0 heterocycles. The molecule has 0 unspecified atom stereocenters. The fourth-order valence-electron chi connectivity index (χ4n) is 8.53. The molecule has 0 aliphatic heterocycles. The Morgan fingerprint density at radius 1 is 0.475 bits per heavy atom. The molecule has 0 saturated carbocycles. The molecular weight excluding hydrogens is 776 g/mol. The van der Waals surface area contributed by atoms with Gasteiger partial charge in [-0.1, -0.05) is 0 Å². The van der Waals surface area contributed by atoms with Crippen molar-refractivity contribution in [3.05, 3.63) is 233 Å². The van der Waals surface area contributed by atoms with E-state index in [4.69, 9.17) is 0 Å². The van der Waals surface area contributed by atoms with Crippen LogP contribution in [0.1, 0.15) is 57.3 Å². The van der Waals surface area contributed by atoms with Crippen molar-refractivity contribution in [1.29, 1.82) is 0 Å². The Morgan fingerprint density at radius 3 is 1.24 bits per heavy atom. The summed E-state index contributed by atoms with van der Waals surface area (Å²) in [6, 6.07) is 38.0. The minimum absolute atomic E-state index is 0.0833. The predicted molar refractivity (Wildman–Crippen MR) is 231 cm³/mol. The fourth-order valence-corrected chi connectivity index (χ4v) is 16.8. The molecule has 59 heavy (non-hydrogen) atoms. The van der Waals surface area contributed by atoms with E-state index in [0.717, 1.165) is 33.4 Å². The Hall–Kier alpha value is -5.69. The van der Waals surface area contributed by atoms with Crippen molar-refractivity contribution in [3.63, 3.8) is 0 Å². The Labute approximate surface area is 348 Å². The summed E-state index contributed by atoms with van der Waals surface area (Å²) in [6.07, 6.45) is 13.1. The molecule has 296 valence electrons. The van der Waals surface area contributed by atoms with E-state index in [1.807, 2.05) is 72.9 Å². The van der Waals surface area contributed by atoms with Gasteiger partial charge in [0.15, 0.2) is 0 Å². The molecule has 0 amide bonds. The summed E-state index contributed by atoms with van der Waals surface area (Å²) in [7, 11) is 0. The summed E-state index contributed by atoms with van der Waals surface area (Å²) < 4.78 is 69.7. The second kappa shape index (κ2) is 17.7. The molecule has 2 aliphatic carbocycles. The van der Waals surface area contributed by atoms with Crippen LogP contribution in [0.5, 0.6) is 0 Å². The van der Waals surface area contributed by atoms with E-state index < -0.39 is 39.9 Å². The molecule has 0 fully saturated rings. The number of anilines is 2. The molecule has 0 atom stereocenters. The molecule has 2 aliphatic rings. The van der Waals surface area contributed by atoms with Crippen molar-refractivity contribution in [3.8, 4) is 0 Å². The molecule has 2 N–H and O–H groups in total. The van der Waals surface area contributed by atoms with E-state index in [-0.39, 0.29) is 32.2 Å². The normalized spacial score (nSPS) is 13.5. The number of aryl methyl sites for hydroxylation is 2. The first-order chi connectivity index (χ1) is 28.7. The number of rotatable bonds is 14. The number of hydrogen-bond acceptors (Lipinski definition) is 2. The van der Waals surface area contributed by atoms with Crippen LogP contribution in [-0.4, -0.2) is 0 Å². The standard InChI is InChI=1S/2C21H18F2N.2C5H5.Ti/c2*1-15-6-8-16(9-7-15)12-17-4-2-3-5-18(17)14-24-21-11-10-19(22)13-20(21)23;2*1-2-4-5-3-1;/h2*2-11,24H,12,14H2,1H3;2*1-3H,4H2;. The number of halogens is 4. The van der Waals surface area contributed by atoms with Gasteiger partial charge in [-0.05, 0) is 13.8 Å². The first-order valence-electron chi connectivity index (χ1n) is 20.1. The topological polar surface area (TPSA) is 24.1 Å². The monoisotopic (exact) mass is 822 g/mol. The van der Waals surface area contributed by atoms with Crippen LogP contribution in [0.2, 0.25) is 0 Å². The van der Waals surface area contributed by atoms with Crippen LogP contribution in [0.4, 0.5) is 28.9 Å². The molecule has 7 heteroatoms. The van der Waals surface area contributed by atoms with Gasteiger partial charge in [0.05, 0.1) is 0 Å². The molecule has 2 nitrogen and oxygen atoms in total. The van der Waals surface area contributed by atoms with E-state index in [1.54, 1.807) is 0 Å². The predicted octanol–water partition coefficient (Wildman–Crippen LogP) is 12.1. The van der Waals surface area contributed by atoms with Gasteiger partial charge in [-0.2, -0.15) is 0 Å². The zero-order chi connectivity index (χ0) is 40.9. The zero-order valence-corrected chi connectivity index (χ0v) is 34.8. The first-order valence-corrected chi connectivity index (χ1v) is 23.3. The third-order valence-corrected chi connectivity index (χ3v) is 19.6. The Balaban J connectivity index is 1.18. The summed E-state index contributed by atoms with van der Waals surface area (Å²) in [5, 5.41) is 6.52. The average molecular weight is 823 g/mol. The van der Waals surface area contributed by atoms with Gasteiger partial charge in [0.1, 0.15) is 0 Å². The van der Waals surface area contributed by atoms with Gasteiger partial charge in [-0.15, -0.1) is 0 Å². The van der Waals surface area contributed by atoms with Crippen molar-refractivity contribution in [2.75, 3.05) is 10.6 Å². The van der Waals surface area contributed by atoms with Crippen LogP contribution in [0.25, 0.3) is 0 Å². The molecule has 0 radical (unpaired) electrons. The summed E-state index contributed by atoms with van der Waals surface area (Å²) >= 11 is -5.06. The molecular formula is C52H46F4N2Ti. The Morgan fingerprint density at radius 2 is 0.864 bits per heavy atom. The fraction of sp³-hybridized carbons (Fsp3) is 0.154. The maximum atomic E-state index is 17.6. The third-order valence-electron chi connectivity index (χ3n) is 11.6. The number of benzene rings is 6. The van der Waals surface area contributed by atoms with E-state index in [0.29, 0.717) is 33.4 Å². The van der Waals surface area contributed by atoms with Crippen molar-refractivity contribution in [2.45, 2.75) is 52.6 Å². The number of nitrogens with one attached hydrogen (secondary N) is 2. The molecule has 0 aromatic heterocycles. The SMILES string of the molecule is Cc1ccc(Cc2ccccc2CNc2ccc(F)[c]([Ti]([C]3=CC=CC3)([C]3=CC=CC3)[c]3c(F)ccc(NCc4ccccc4Cc4ccc(C)cc4)c3F)c2F)cc1. The summed E-state index contributed by atoms with van der Waals surface area (Å²) in [6.45, 7) is 4.64. The average Bonchev–Trinajstić information content (AvgIpc) is 3.99. The number of allylic oxidation sites excluding steroid dienone is 8. The molecule has 6 aromatic carbocycles. The van der Waals surface area contributed by atoms with Crippen molar-refractivity contribution in [2.24, 2.45) is 0 Å². The Bertz CT molecular complexity index is 2440. The molecule has 6 aromatic rings. The van der Waals surface area contributed by atoms with Crippen molar-refractivity contribution in [1.82, 2.24) is 0 Å². The quantitative estimate of drug-likeness (QED) is 0.0845. The summed E-state index contributed by atoms with van der Waals surface area (Å²) in [5.74, 6) is -3.25. The van der Waals surface area contributed by atoms with Gasteiger partial charge >= 0.3 is 336 Å². The molecule has 0 saturated heterocycles. The van der Waals surface area contributed by atoms with Gasteiger partial charge in [-0.3, -0.25) is 0 Å². The van der Waals surface area contributed by atoms with Crippen LogP contribution < -0.4 is 18.4 Å². The second-order valence-electron chi connectivity index (χ2n) is 15.5. The minimum atomic E-state index is -5.06. The van der Waals surface area contributed by atoms with Crippen molar-refractivity contribution < 1.29 is 34.2 Å². The van der Waals surface area contributed by atoms with Crippen molar-refractivity contribution >= 4 is 19.1 Å². The second-order valence-corrected chi connectivity index (χ2v) is 21.4. The van der Waals surface area contributed by atoms with Gasteiger partial charge < -0.3 is 0 Å². The van der Waals surface area contributed by atoms with Crippen LogP contribution >= 0.6 is 0 Å². The third kappa shape index (κ3) is 8.30. The summed E-state index contributed by atoms with van der Waals surface area (Å²) in [4.78, 5) is 0. The van der Waals surface area contributed by atoms with Crippen LogP contribution in [0.15, 0.2) is 166 Å². The Kier molecular flexibility index (Phi) is 12.0. The number of hydrogen-bond donors (Lipinski definition) is 2. The molecule has 0 bridgehead atoms. The van der Waals surface area contributed by atoms with Crippen LogP contribution in [0, 0.1) is 37.1 Å². The van der Waals surface area contributed by atoms with E-state index in [2.05, 4.69) is 85.1 Å². The van der Waals surface area contributed by atoms with Crippen LogP contribution in [0.3, 0.4) is 0 Å².